The summed E-state index contributed by atoms with van der Waals surface area (Å²) in [5, 5.41) is 9.55. The molecule has 0 radical (unpaired) electrons. The van der Waals surface area contributed by atoms with Crippen LogP contribution < -0.4 is 9.47 Å². The molecule has 4 rings (SSSR count). The van der Waals surface area contributed by atoms with E-state index in [4.69, 9.17) is 18.9 Å². The fourth-order valence-corrected chi connectivity index (χ4v) is 6.27. The van der Waals surface area contributed by atoms with Gasteiger partial charge >= 0.3 is 11.9 Å². The summed E-state index contributed by atoms with van der Waals surface area (Å²) in [6.07, 6.45) is 5.65. The van der Waals surface area contributed by atoms with Crippen molar-refractivity contribution in [2.45, 2.75) is 64.1 Å². The molecule has 0 unspecified atom stereocenters. The van der Waals surface area contributed by atoms with Crippen molar-refractivity contribution < 1.29 is 38.4 Å². The Morgan fingerprint density at radius 2 is 1.84 bits per heavy atom. The van der Waals surface area contributed by atoms with Gasteiger partial charge < -0.3 is 29.0 Å². The zero-order valence-electron chi connectivity index (χ0n) is 22.0. The number of hydrogen-bond donors (Lipinski definition) is 1. The highest BCUT2D eigenvalue weighted by molar-refractivity contribution is 5.92. The van der Waals surface area contributed by atoms with Crippen molar-refractivity contribution >= 4 is 17.8 Å². The molecule has 1 saturated carbocycles. The monoisotopic (exact) mass is 515 g/mol. The second-order valence-electron chi connectivity index (χ2n) is 10.2. The highest BCUT2D eigenvalue weighted by atomic mass is 16.5. The number of piperidine rings is 1. The van der Waals surface area contributed by atoms with Crippen LogP contribution in [0.25, 0.3) is 0 Å². The van der Waals surface area contributed by atoms with Crippen LogP contribution >= 0.6 is 0 Å². The Morgan fingerprint density at radius 3 is 2.46 bits per heavy atom. The molecule has 2 aliphatic heterocycles. The van der Waals surface area contributed by atoms with Gasteiger partial charge in [0.25, 0.3) is 0 Å². The molecule has 9 nitrogen and oxygen atoms in total. The molecule has 1 N–H and O–H groups in total. The molecule has 1 aromatic rings. The molecular formula is C28H37NO8. The van der Waals surface area contributed by atoms with Gasteiger partial charge in [0.1, 0.15) is 5.41 Å². The topological polar surface area (TPSA) is 112 Å². The number of carboxylic acids is 1. The molecule has 1 amide bonds. The van der Waals surface area contributed by atoms with Crippen LogP contribution in [0.2, 0.25) is 0 Å². The molecule has 4 atom stereocenters. The normalized spacial score (nSPS) is 27.9. The Bertz CT molecular complexity index is 1060. The molecule has 1 aromatic carbocycles. The third-order valence-electron chi connectivity index (χ3n) is 8.22. The minimum absolute atomic E-state index is 0.0437. The van der Waals surface area contributed by atoms with Gasteiger partial charge in [-0.05, 0) is 62.3 Å². The zero-order chi connectivity index (χ0) is 26.7. The quantitative estimate of drug-likeness (QED) is 0.497. The molecule has 37 heavy (non-hydrogen) atoms. The molecule has 0 spiro atoms. The van der Waals surface area contributed by atoms with Crippen molar-refractivity contribution in [3.05, 3.63) is 35.5 Å². The first kappa shape index (κ1) is 27.0. The maximum Gasteiger partial charge on any atom is 0.320 e. The molecule has 1 saturated heterocycles. The Kier molecular flexibility index (Phi) is 8.11. The largest absolute Gasteiger partial charge is 0.493 e. The van der Waals surface area contributed by atoms with Crippen LogP contribution in [-0.4, -0.2) is 67.9 Å². The number of amides is 1. The molecule has 3 aliphatic rings. The Balaban J connectivity index is 1.74. The summed E-state index contributed by atoms with van der Waals surface area (Å²) < 4.78 is 22.4. The second kappa shape index (κ2) is 11.1. The third kappa shape index (κ3) is 5.06. The lowest BCUT2D eigenvalue weighted by molar-refractivity contribution is -0.178. The van der Waals surface area contributed by atoms with Crippen LogP contribution in [0.5, 0.6) is 11.5 Å². The van der Waals surface area contributed by atoms with Crippen molar-refractivity contribution in [1.82, 2.24) is 4.90 Å². The van der Waals surface area contributed by atoms with Gasteiger partial charge in [-0.2, -0.15) is 0 Å². The number of rotatable bonds is 9. The van der Waals surface area contributed by atoms with E-state index in [1.807, 2.05) is 31.2 Å². The van der Waals surface area contributed by atoms with Crippen LogP contribution in [-0.2, 0) is 30.3 Å². The van der Waals surface area contributed by atoms with Gasteiger partial charge in [0.2, 0.25) is 5.91 Å². The summed E-state index contributed by atoms with van der Waals surface area (Å²) in [5.41, 5.74) is 0.250. The zero-order valence-corrected chi connectivity index (χ0v) is 22.0. The highest BCUT2D eigenvalue weighted by Crippen LogP contribution is 2.51. The van der Waals surface area contributed by atoms with Crippen LogP contribution in [0.4, 0.5) is 0 Å². The first-order valence-corrected chi connectivity index (χ1v) is 12.9. The maximum atomic E-state index is 13.7. The summed E-state index contributed by atoms with van der Waals surface area (Å²) in [7, 11) is 4.45. The summed E-state index contributed by atoms with van der Waals surface area (Å²) in [6, 6.07) is 5.57. The number of aliphatic carboxylic acids is 1. The predicted octanol–water partition coefficient (Wildman–Crippen LogP) is 3.59. The molecule has 0 bridgehead atoms. The van der Waals surface area contributed by atoms with Crippen LogP contribution in [0, 0.1) is 17.3 Å². The first-order chi connectivity index (χ1) is 17.7. The lowest BCUT2D eigenvalue weighted by Gasteiger charge is -2.52. The lowest BCUT2D eigenvalue weighted by atomic mass is 9.66. The lowest BCUT2D eigenvalue weighted by Crippen LogP contribution is -2.60. The number of hydrogen-bond acceptors (Lipinski definition) is 7. The predicted molar refractivity (Wildman–Crippen MR) is 134 cm³/mol. The fourth-order valence-electron chi connectivity index (χ4n) is 6.27. The van der Waals surface area contributed by atoms with Crippen LogP contribution in [0.1, 0.15) is 51.0 Å². The summed E-state index contributed by atoms with van der Waals surface area (Å²) in [6.45, 7) is 2.12. The van der Waals surface area contributed by atoms with Gasteiger partial charge in [0.15, 0.2) is 11.5 Å². The van der Waals surface area contributed by atoms with E-state index >= 15 is 0 Å². The Hall–Kier alpha value is -3.07. The van der Waals surface area contributed by atoms with E-state index in [1.165, 1.54) is 7.11 Å². The average molecular weight is 516 g/mol. The molecular weight excluding hydrogens is 478 g/mol. The standard InChI is InChI=1S/C28H37NO8/c1-17-28(27(33)36-4)16-20(14-25(30)31)26(32)29(24(28)15-22(37-17)19-7-5-6-8-19)12-11-18-9-10-21(34-2)23(13-18)35-3/h9-10,13,15,17,19-20,22H,5-8,11-12,14,16H2,1-4H3,(H,30,31)/t17-,20-,22-,28+/m0/s1. The number of fused-ring (bicyclic) bond motifs is 1. The van der Waals surface area contributed by atoms with Crippen LogP contribution in [0.15, 0.2) is 30.0 Å². The number of ether oxygens (including phenoxy) is 4. The molecule has 2 heterocycles. The molecule has 2 fully saturated rings. The van der Waals surface area contributed by atoms with Crippen LogP contribution in [0.3, 0.4) is 0 Å². The number of carbonyl (C=O) groups excluding carboxylic acids is 2. The van der Waals surface area contributed by atoms with Crippen molar-refractivity contribution in [2.24, 2.45) is 17.3 Å². The number of carbonyl (C=O) groups is 3. The molecule has 1 aliphatic carbocycles. The average Bonchev–Trinajstić information content (AvgIpc) is 3.43. The Morgan fingerprint density at radius 1 is 1.14 bits per heavy atom. The summed E-state index contributed by atoms with van der Waals surface area (Å²) in [5.74, 6) is -1.23. The summed E-state index contributed by atoms with van der Waals surface area (Å²) in [4.78, 5) is 40.4. The van der Waals surface area contributed by atoms with E-state index in [1.54, 1.807) is 19.1 Å². The number of methoxy groups -OCH3 is 3. The first-order valence-electron chi connectivity index (χ1n) is 12.9. The number of esters is 1. The number of carboxylic acid groups (broad SMARTS) is 1. The van der Waals surface area contributed by atoms with Crippen molar-refractivity contribution in [1.29, 1.82) is 0 Å². The van der Waals surface area contributed by atoms with Gasteiger partial charge in [0.05, 0.1) is 45.9 Å². The van der Waals surface area contributed by atoms with Crippen molar-refractivity contribution in [3.63, 3.8) is 0 Å². The molecule has 202 valence electrons. The fraction of sp³-hybridized carbons (Fsp3) is 0.607. The van der Waals surface area contributed by atoms with E-state index < -0.39 is 29.4 Å². The third-order valence-corrected chi connectivity index (χ3v) is 8.22. The van der Waals surface area contributed by atoms with Crippen molar-refractivity contribution in [2.75, 3.05) is 27.9 Å². The van der Waals surface area contributed by atoms with E-state index in [2.05, 4.69) is 0 Å². The van der Waals surface area contributed by atoms with Gasteiger partial charge in [-0.3, -0.25) is 14.4 Å². The molecule has 0 aromatic heterocycles. The van der Waals surface area contributed by atoms with E-state index in [0.717, 1.165) is 31.2 Å². The number of likely N-dealkylation sites (tertiary alicyclic amines) is 1. The van der Waals surface area contributed by atoms with Gasteiger partial charge in [0, 0.05) is 12.2 Å². The SMILES string of the molecule is COC(=O)[C@@]12C[C@H](CC(=O)O)C(=O)N(CCc3ccc(OC)c(OC)c3)C1=C[C@@H](C1CCCC1)O[C@H]2C. The van der Waals surface area contributed by atoms with Gasteiger partial charge in [-0.1, -0.05) is 18.9 Å². The number of benzene rings is 1. The minimum Gasteiger partial charge on any atom is -0.493 e. The van der Waals surface area contributed by atoms with Gasteiger partial charge in [-0.25, -0.2) is 0 Å². The maximum absolute atomic E-state index is 13.7. The van der Waals surface area contributed by atoms with E-state index in [0.29, 0.717) is 29.5 Å². The van der Waals surface area contributed by atoms with Gasteiger partial charge in [-0.15, -0.1) is 0 Å². The van der Waals surface area contributed by atoms with E-state index in [9.17, 15) is 19.5 Å². The minimum atomic E-state index is -1.25. The summed E-state index contributed by atoms with van der Waals surface area (Å²) >= 11 is 0. The second-order valence-corrected chi connectivity index (χ2v) is 10.2. The van der Waals surface area contributed by atoms with Crippen molar-refractivity contribution in [3.8, 4) is 11.5 Å². The number of nitrogens with zero attached hydrogens (tertiary/aromatic N) is 1. The smallest absolute Gasteiger partial charge is 0.320 e. The van der Waals surface area contributed by atoms with E-state index in [-0.39, 0.29) is 31.4 Å². The molecule has 9 heteroatoms. The Labute approximate surface area is 217 Å². The highest BCUT2D eigenvalue weighted by Gasteiger charge is 2.60.